The van der Waals surface area contributed by atoms with Crippen molar-refractivity contribution in [3.63, 3.8) is 0 Å². The second-order valence-electron chi connectivity index (χ2n) is 16.9. The third kappa shape index (κ3) is 15.0. The summed E-state index contributed by atoms with van der Waals surface area (Å²) < 4.78 is 10.2. The normalized spacial score (nSPS) is 19.9. The molecule has 352 valence electrons. The van der Waals surface area contributed by atoms with Gasteiger partial charge in [-0.15, -0.1) is 0 Å². The second-order valence-corrected chi connectivity index (χ2v) is 16.9. The summed E-state index contributed by atoms with van der Waals surface area (Å²) in [6.07, 6.45) is 16.0. The fourth-order valence-corrected chi connectivity index (χ4v) is 8.30. The molecule has 2 aliphatic heterocycles. The molecule has 7 rings (SSSR count). The van der Waals surface area contributed by atoms with Gasteiger partial charge in [0.25, 0.3) is 0 Å². The van der Waals surface area contributed by atoms with Crippen LogP contribution < -0.4 is 5.32 Å². The van der Waals surface area contributed by atoms with Crippen LogP contribution in [0, 0.1) is 0 Å². The third-order valence-corrected chi connectivity index (χ3v) is 11.9. The molecule has 6 N–H and O–H groups in total. The van der Waals surface area contributed by atoms with E-state index in [0.717, 1.165) is 129 Å². The number of aliphatic hydroxyl groups is 3. The molecule has 0 aromatic carbocycles. The average Bonchev–Trinajstić information content (AvgIpc) is 3.33. The van der Waals surface area contributed by atoms with Crippen molar-refractivity contribution in [3.8, 4) is 0 Å². The first kappa shape index (κ1) is 49.4. The van der Waals surface area contributed by atoms with Gasteiger partial charge in [0.2, 0.25) is 6.29 Å². The number of aryl methyl sites for hydroxylation is 3. The Hall–Kier alpha value is -6.08. The summed E-state index contributed by atoms with van der Waals surface area (Å²) in [6, 6.07) is 12.4. The first-order valence-corrected chi connectivity index (χ1v) is 22.8. The van der Waals surface area contributed by atoms with Crippen molar-refractivity contribution in [1.29, 1.82) is 0 Å². The molecule has 1 fully saturated rings. The lowest BCUT2D eigenvalue weighted by atomic mass is 9.92. The Morgan fingerprint density at radius 2 is 1.32 bits per heavy atom. The molecule has 7 heterocycles. The van der Waals surface area contributed by atoms with Crippen LogP contribution in [-0.4, -0.2) is 116 Å². The average molecular weight is 909 g/mol. The Balaban J connectivity index is 0.000000233. The minimum Gasteiger partial charge on any atom is -0.481 e. The monoisotopic (exact) mass is 908 g/mol. The van der Waals surface area contributed by atoms with E-state index in [2.05, 4.69) is 59.5 Å². The van der Waals surface area contributed by atoms with E-state index in [9.17, 15) is 34.8 Å². The van der Waals surface area contributed by atoms with Gasteiger partial charge in [0.15, 0.2) is 11.8 Å². The maximum absolute atomic E-state index is 12.7. The van der Waals surface area contributed by atoms with Crippen LogP contribution in [0.4, 0.5) is 5.82 Å². The highest BCUT2D eigenvalue weighted by molar-refractivity contribution is 5.74. The number of anilines is 1. The minimum atomic E-state index is -1.86. The number of carbonyl (C=O) groups is 3. The molecule has 7 unspecified atom stereocenters. The van der Waals surface area contributed by atoms with Gasteiger partial charge in [0.05, 0.1) is 12.8 Å². The van der Waals surface area contributed by atoms with Gasteiger partial charge < -0.3 is 40.3 Å². The fourth-order valence-electron chi connectivity index (χ4n) is 8.30. The number of carboxylic acids is 2. The van der Waals surface area contributed by atoms with Crippen molar-refractivity contribution >= 4 is 34.8 Å². The van der Waals surface area contributed by atoms with Crippen LogP contribution in [0.25, 0.3) is 11.0 Å². The van der Waals surface area contributed by atoms with Crippen LogP contribution >= 0.6 is 0 Å². The number of aliphatic carboxylic acids is 2. The molecule has 18 heteroatoms. The van der Waals surface area contributed by atoms with Crippen molar-refractivity contribution in [2.75, 3.05) is 11.9 Å². The summed E-state index contributed by atoms with van der Waals surface area (Å²) in [5, 5.41) is 52.7. The summed E-state index contributed by atoms with van der Waals surface area (Å²) in [6.45, 7) is 0.965. The SMILES string of the molecule is O=C(CC(CCCCCCc1ccc2c(n1)NCCC2)c1cncnc1)OC1OC(C(=O)O)C(O)C(O)C1O.O=C(O)CC(CCCCCCc1ccc2cccnc2n1)c1cncnc1. The Bertz CT molecular complexity index is 2290. The van der Waals surface area contributed by atoms with Gasteiger partial charge in [-0.25, -0.2) is 39.7 Å². The number of carboxylic acid groups (broad SMARTS) is 2. The maximum atomic E-state index is 12.7. The summed E-state index contributed by atoms with van der Waals surface area (Å²) in [5.41, 5.74) is 5.90. The quantitative estimate of drug-likeness (QED) is 0.0369. The number of aromatic nitrogens is 7. The molecule has 18 nitrogen and oxygen atoms in total. The zero-order valence-corrected chi connectivity index (χ0v) is 37.0. The molecule has 0 radical (unpaired) electrons. The molecule has 0 spiro atoms. The highest BCUT2D eigenvalue weighted by Gasteiger charge is 2.48. The van der Waals surface area contributed by atoms with Gasteiger partial charge in [-0.05, 0) is 110 Å². The Morgan fingerprint density at radius 1 is 0.712 bits per heavy atom. The summed E-state index contributed by atoms with van der Waals surface area (Å²) >= 11 is 0. The molecular formula is C48H60N8O10. The van der Waals surface area contributed by atoms with E-state index >= 15 is 0 Å². The van der Waals surface area contributed by atoms with Gasteiger partial charge in [0, 0.05) is 54.3 Å². The number of hydrogen-bond acceptors (Lipinski definition) is 16. The van der Waals surface area contributed by atoms with Crippen LogP contribution in [0.5, 0.6) is 0 Å². The van der Waals surface area contributed by atoms with Crippen LogP contribution in [0.2, 0.25) is 0 Å². The van der Waals surface area contributed by atoms with Crippen molar-refractivity contribution < 1.29 is 49.4 Å². The van der Waals surface area contributed by atoms with Crippen LogP contribution in [0.15, 0.2) is 80.0 Å². The highest BCUT2D eigenvalue weighted by Crippen LogP contribution is 2.29. The van der Waals surface area contributed by atoms with Crippen molar-refractivity contribution in [2.24, 2.45) is 0 Å². The second kappa shape index (κ2) is 25.6. The lowest BCUT2D eigenvalue weighted by Gasteiger charge is -2.38. The van der Waals surface area contributed by atoms with Gasteiger partial charge in [-0.3, -0.25) is 9.59 Å². The molecule has 0 amide bonds. The van der Waals surface area contributed by atoms with E-state index in [4.69, 9.17) is 19.6 Å². The number of hydrogen-bond donors (Lipinski definition) is 6. The first-order valence-electron chi connectivity index (χ1n) is 22.8. The molecular weight excluding hydrogens is 849 g/mol. The van der Waals surface area contributed by atoms with E-state index in [0.29, 0.717) is 6.42 Å². The zero-order valence-electron chi connectivity index (χ0n) is 37.0. The van der Waals surface area contributed by atoms with E-state index in [1.165, 1.54) is 18.2 Å². The van der Waals surface area contributed by atoms with Crippen LogP contribution in [0.3, 0.4) is 0 Å². The highest BCUT2D eigenvalue weighted by atomic mass is 16.7. The van der Waals surface area contributed by atoms with Crippen molar-refractivity contribution in [3.05, 3.63) is 108 Å². The molecule has 5 aromatic rings. The number of carbonyl (C=O) groups excluding carboxylic acids is 1. The zero-order chi connectivity index (χ0) is 46.7. The third-order valence-electron chi connectivity index (χ3n) is 11.9. The largest absolute Gasteiger partial charge is 0.481 e. The molecule has 66 heavy (non-hydrogen) atoms. The number of pyridine rings is 3. The van der Waals surface area contributed by atoms with Crippen LogP contribution in [-0.2, 0) is 43.1 Å². The number of unbranched alkanes of at least 4 members (excludes halogenated alkanes) is 6. The van der Waals surface area contributed by atoms with Crippen molar-refractivity contribution in [2.45, 2.75) is 145 Å². The number of nitrogens with one attached hydrogen (secondary N) is 1. The molecule has 5 aromatic heterocycles. The fraction of sp³-hybridized carbons (Fsp3) is 0.500. The first-order chi connectivity index (χ1) is 32.0. The summed E-state index contributed by atoms with van der Waals surface area (Å²) in [5.74, 6) is -2.34. The Labute approximate surface area is 383 Å². The van der Waals surface area contributed by atoms with Crippen LogP contribution in [0.1, 0.15) is 123 Å². The predicted molar refractivity (Wildman–Crippen MR) is 241 cm³/mol. The Morgan fingerprint density at radius 3 is 1.95 bits per heavy atom. The van der Waals surface area contributed by atoms with E-state index < -0.39 is 48.6 Å². The molecule has 2 aliphatic rings. The number of nitrogens with zero attached hydrogens (tertiary/aromatic N) is 7. The summed E-state index contributed by atoms with van der Waals surface area (Å²) in [7, 11) is 0. The number of rotatable bonds is 22. The van der Waals surface area contributed by atoms with Gasteiger partial charge in [0.1, 0.15) is 36.8 Å². The number of fused-ring (bicyclic) bond motifs is 2. The number of aliphatic hydroxyl groups excluding tert-OH is 3. The molecule has 0 bridgehead atoms. The van der Waals surface area contributed by atoms with E-state index in [-0.39, 0.29) is 24.7 Å². The lowest BCUT2D eigenvalue weighted by Crippen LogP contribution is -2.60. The Kier molecular flexibility index (Phi) is 19.1. The lowest BCUT2D eigenvalue weighted by molar-refractivity contribution is -0.286. The van der Waals surface area contributed by atoms with Crippen molar-refractivity contribution in [1.82, 2.24) is 34.9 Å². The van der Waals surface area contributed by atoms with E-state index in [1.807, 2.05) is 12.1 Å². The minimum absolute atomic E-state index is 0.0167. The smallest absolute Gasteiger partial charge is 0.335 e. The maximum Gasteiger partial charge on any atom is 0.335 e. The summed E-state index contributed by atoms with van der Waals surface area (Å²) in [4.78, 5) is 64.9. The van der Waals surface area contributed by atoms with Gasteiger partial charge >= 0.3 is 17.9 Å². The van der Waals surface area contributed by atoms with Gasteiger partial charge in [-0.1, -0.05) is 44.6 Å². The topological polar surface area (TPSA) is 273 Å². The molecule has 0 saturated carbocycles. The van der Waals surface area contributed by atoms with Gasteiger partial charge in [-0.2, -0.15) is 0 Å². The molecule has 1 saturated heterocycles. The molecule has 7 atom stereocenters. The number of ether oxygens (including phenoxy) is 2. The van der Waals surface area contributed by atoms with E-state index in [1.54, 1.807) is 31.0 Å². The predicted octanol–water partition coefficient (Wildman–Crippen LogP) is 5.50. The number of esters is 1. The molecule has 0 aliphatic carbocycles. The standard InChI is InChI=1S/C27H36N4O8.C21H24N4O2/c32-20(38-27-23(35)21(33)22(34)24(39-27)26(36)37)12-17(18-13-28-15-29-14-18)6-3-1-2-4-8-19-10-9-16-7-5-11-30-25(16)31-19;26-20(27)12-17(18-13-22-15-23-14-18)6-3-1-2-4-8-19-10-9-16-7-5-11-24-21(16)25-19/h9-10,13-15,17,21-24,27,33-35H,1-8,11-12H2,(H,30,31)(H,36,37);5,7,9-11,13-15,17H,1-4,6,8,12H2,(H,26,27).